The summed E-state index contributed by atoms with van der Waals surface area (Å²) in [6.07, 6.45) is 2.48. The van der Waals surface area contributed by atoms with Crippen LogP contribution in [-0.2, 0) is 0 Å². The van der Waals surface area contributed by atoms with E-state index >= 15 is 0 Å². The van der Waals surface area contributed by atoms with Gasteiger partial charge in [-0.15, -0.1) is 0 Å². The van der Waals surface area contributed by atoms with Gasteiger partial charge in [-0.05, 0) is 45.0 Å². The monoisotopic (exact) mass is 279 g/mol. The molecule has 112 valence electrons. The minimum Gasteiger partial charge on any atom is -0.373 e. The van der Waals surface area contributed by atoms with Crippen LogP contribution in [0.25, 0.3) is 0 Å². The summed E-state index contributed by atoms with van der Waals surface area (Å²) >= 11 is 0. The number of benzene rings is 1. The molecule has 0 bridgehead atoms. The van der Waals surface area contributed by atoms with E-state index in [0.29, 0.717) is 11.6 Å². The lowest BCUT2D eigenvalue weighted by Crippen LogP contribution is -2.39. The van der Waals surface area contributed by atoms with Crippen molar-refractivity contribution < 1.29 is 4.39 Å². The molecule has 1 aliphatic heterocycles. The van der Waals surface area contributed by atoms with Gasteiger partial charge in [-0.3, -0.25) is 4.90 Å². The van der Waals surface area contributed by atoms with Crippen LogP contribution >= 0.6 is 0 Å². The molecule has 2 atom stereocenters. The van der Waals surface area contributed by atoms with Crippen LogP contribution in [0.2, 0.25) is 0 Å². The van der Waals surface area contributed by atoms with Crippen molar-refractivity contribution in [3.63, 3.8) is 0 Å². The highest BCUT2D eigenvalue weighted by atomic mass is 19.1. The Kier molecular flexibility index (Phi) is 5.00. The van der Waals surface area contributed by atoms with Crippen LogP contribution in [0.5, 0.6) is 0 Å². The quantitative estimate of drug-likeness (QED) is 0.899. The minimum absolute atomic E-state index is 0.205. The number of anilines is 1. The smallest absolute Gasteiger partial charge is 0.130 e. The zero-order valence-corrected chi connectivity index (χ0v) is 12.8. The Bertz CT molecular complexity index is 447. The van der Waals surface area contributed by atoms with Gasteiger partial charge in [0.05, 0.1) is 0 Å². The molecule has 2 rings (SSSR count). The predicted molar refractivity (Wildman–Crippen MR) is 82.5 cm³/mol. The largest absolute Gasteiger partial charge is 0.373 e. The number of hydrogen-bond acceptors (Lipinski definition) is 3. The molecule has 0 spiro atoms. The van der Waals surface area contributed by atoms with E-state index in [4.69, 9.17) is 5.73 Å². The normalized spacial score (nSPS) is 21.1. The number of rotatable bonds is 5. The molecule has 2 N–H and O–H groups in total. The first-order valence-corrected chi connectivity index (χ1v) is 7.53. The SMILES string of the molecule is CCN1CCCC1CN(C)c1cccc(F)c1[C@H](C)N. The zero-order valence-electron chi connectivity index (χ0n) is 12.8. The van der Waals surface area contributed by atoms with Gasteiger partial charge in [-0.25, -0.2) is 4.39 Å². The molecule has 0 aromatic heterocycles. The standard InChI is InChI=1S/C16H26FN3/c1-4-20-10-6-7-13(20)11-19(3)15-9-5-8-14(17)16(15)12(2)18/h5,8-9,12-13H,4,6-7,10-11,18H2,1-3H3/t12-,13?/m0/s1. The Morgan fingerprint density at radius 1 is 1.50 bits per heavy atom. The highest BCUT2D eigenvalue weighted by molar-refractivity contribution is 5.55. The Labute approximate surface area is 121 Å². The van der Waals surface area contributed by atoms with E-state index in [-0.39, 0.29) is 11.9 Å². The molecule has 0 aliphatic carbocycles. The minimum atomic E-state index is -0.292. The lowest BCUT2D eigenvalue weighted by atomic mass is 10.0. The van der Waals surface area contributed by atoms with Crippen LogP contribution in [0.4, 0.5) is 10.1 Å². The molecule has 1 aromatic rings. The van der Waals surface area contributed by atoms with Crippen molar-refractivity contribution in [3.05, 3.63) is 29.6 Å². The molecule has 1 aliphatic rings. The van der Waals surface area contributed by atoms with Crippen LogP contribution < -0.4 is 10.6 Å². The molecular formula is C16H26FN3. The predicted octanol–water partition coefficient (Wildman–Crippen LogP) is 2.77. The van der Waals surface area contributed by atoms with Crippen molar-refractivity contribution in [2.24, 2.45) is 5.73 Å². The molecule has 1 fully saturated rings. The van der Waals surface area contributed by atoms with Crippen LogP contribution in [0.1, 0.15) is 38.3 Å². The second kappa shape index (κ2) is 6.55. The van der Waals surface area contributed by atoms with E-state index in [9.17, 15) is 4.39 Å². The third-order valence-electron chi connectivity index (χ3n) is 4.29. The second-order valence-corrected chi connectivity index (χ2v) is 5.77. The second-order valence-electron chi connectivity index (χ2n) is 5.77. The summed E-state index contributed by atoms with van der Waals surface area (Å²) in [7, 11) is 2.03. The lowest BCUT2D eigenvalue weighted by molar-refractivity contribution is 0.270. The Hall–Kier alpha value is -1.13. The molecule has 1 saturated heterocycles. The van der Waals surface area contributed by atoms with Crippen molar-refractivity contribution in [3.8, 4) is 0 Å². The molecular weight excluding hydrogens is 253 g/mol. The summed E-state index contributed by atoms with van der Waals surface area (Å²) in [5, 5.41) is 0. The van der Waals surface area contributed by atoms with E-state index < -0.39 is 0 Å². The summed E-state index contributed by atoms with van der Waals surface area (Å²) in [5.41, 5.74) is 7.48. The first-order valence-electron chi connectivity index (χ1n) is 7.53. The van der Waals surface area contributed by atoms with Gasteiger partial charge in [0.25, 0.3) is 0 Å². The number of halogens is 1. The van der Waals surface area contributed by atoms with E-state index in [1.807, 2.05) is 20.0 Å². The first kappa shape index (κ1) is 15.3. The Morgan fingerprint density at radius 3 is 2.90 bits per heavy atom. The molecule has 0 radical (unpaired) electrons. The summed E-state index contributed by atoms with van der Waals surface area (Å²) in [5.74, 6) is -0.205. The molecule has 3 nitrogen and oxygen atoms in total. The molecule has 1 unspecified atom stereocenters. The van der Waals surface area contributed by atoms with E-state index in [1.165, 1.54) is 25.5 Å². The maximum absolute atomic E-state index is 14.0. The average molecular weight is 279 g/mol. The number of hydrogen-bond donors (Lipinski definition) is 1. The summed E-state index contributed by atoms with van der Waals surface area (Å²) in [4.78, 5) is 4.65. The van der Waals surface area contributed by atoms with Gasteiger partial charge in [0.15, 0.2) is 0 Å². The highest BCUT2D eigenvalue weighted by Crippen LogP contribution is 2.28. The maximum atomic E-state index is 14.0. The van der Waals surface area contributed by atoms with Crippen molar-refractivity contribution in [1.82, 2.24) is 4.90 Å². The Balaban J connectivity index is 2.17. The number of nitrogens with zero attached hydrogens (tertiary/aromatic N) is 2. The first-order chi connectivity index (χ1) is 9.54. The number of likely N-dealkylation sites (tertiary alicyclic amines) is 1. The number of likely N-dealkylation sites (N-methyl/N-ethyl adjacent to an activating group) is 2. The van der Waals surface area contributed by atoms with Gasteiger partial charge >= 0.3 is 0 Å². The van der Waals surface area contributed by atoms with Gasteiger partial charge in [-0.2, -0.15) is 0 Å². The molecule has 1 aromatic carbocycles. The summed E-state index contributed by atoms with van der Waals surface area (Å²) in [6, 6.07) is 5.49. The summed E-state index contributed by atoms with van der Waals surface area (Å²) in [6.45, 7) is 7.23. The fourth-order valence-electron chi connectivity index (χ4n) is 3.24. The van der Waals surface area contributed by atoms with Crippen molar-refractivity contribution in [2.45, 2.75) is 38.8 Å². The third-order valence-corrected chi connectivity index (χ3v) is 4.29. The lowest BCUT2D eigenvalue weighted by Gasteiger charge is -2.31. The third kappa shape index (κ3) is 3.13. The molecule has 20 heavy (non-hydrogen) atoms. The number of nitrogens with two attached hydrogens (primary N) is 1. The Morgan fingerprint density at radius 2 is 2.25 bits per heavy atom. The zero-order chi connectivity index (χ0) is 14.7. The van der Waals surface area contributed by atoms with Gasteiger partial charge in [-0.1, -0.05) is 13.0 Å². The average Bonchev–Trinajstić information content (AvgIpc) is 2.85. The van der Waals surface area contributed by atoms with Gasteiger partial charge in [0.1, 0.15) is 5.82 Å². The van der Waals surface area contributed by atoms with E-state index in [0.717, 1.165) is 18.8 Å². The van der Waals surface area contributed by atoms with E-state index in [1.54, 1.807) is 6.07 Å². The summed E-state index contributed by atoms with van der Waals surface area (Å²) < 4.78 is 14.0. The van der Waals surface area contributed by atoms with Gasteiger partial charge < -0.3 is 10.6 Å². The highest BCUT2D eigenvalue weighted by Gasteiger charge is 2.25. The molecule has 1 heterocycles. The molecule has 0 saturated carbocycles. The van der Waals surface area contributed by atoms with Crippen LogP contribution in [-0.4, -0.2) is 37.6 Å². The van der Waals surface area contributed by atoms with Crippen LogP contribution in [0.3, 0.4) is 0 Å². The molecule has 4 heteroatoms. The van der Waals surface area contributed by atoms with Crippen molar-refractivity contribution in [2.75, 3.05) is 31.6 Å². The fraction of sp³-hybridized carbons (Fsp3) is 0.625. The van der Waals surface area contributed by atoms with Crippen molar-refractivity contribution in [1.29, 1.82) is 0 Å². The molecule has 0 amide bonds. The maximum Gasteiger partial charge on any atom is 0.130 e. The van der Waals surface area contributed by atoms with Crippen LogP contribution in [0.15, 0.2) is 18.2 Å². The van der Waals surface area contributed by atoms with Crippen molar-refractivity contribution >= 4 is 5.69 Å². The van der Waals surface area contributed by atoms with Gasteiger partial charge in [0.2, 0.25) is 0 Å². The van der Waals surface area contributed by atoms with Gasteiger partial charge in [0, 0.05) is 36.9 Å². The van der Waals surface area contributed by atoms with E-state index in [2.05, 4.69) is 16.7 Å². The fourth-order valence-corrected chi connectivity index (χ4v) is 3.24. The topological polar surface area (TPSA) is 32.5 Å². The van der Waals surface area contributed by atoms with Crippen LogP contribution in [0, 0.1) is 5.82 Å².